The average molecular weight is 285 g/mol. The van der Waals surface area contributed by atoms with E-state index >= 15 is 0 Å². The van der Waals surface area contributed by atoms with Gasteiger partial charge in [-0.05, 0) is 45.0 Å². The molecule has 0 atom stereocenters. The van der Waals surface area contributed by atoms with Gasteiger partial charge in [0.2, 0.25) is 0 Å². The minimum Gasteiger partial charge on any atom is -0.492 e. The van der Waals surface area contributed by atoms with E-state index in [-0.39, 0.29) is 16.9 Å². The maximum absolute atomic E-state index is 12.2. The van der Waals surface area contributed by atoms with Gasteiger partial charge in [0, 0.05) is 5.69 Å². The molecule has 1 aromatic carbocycles. The molecule has 2 aromatic rings. The fourth-order valence-corrected chi connectivity index (χ4v) is 2.11. The third-order valence-corrected chi connectivity index (χ3v) is 3.38. The summed E-state index contributed by atoms with van der Waals surface area (Å²) in [5.41, 5.74) is 1.95. The van der Waals surface area contributed by atoms with Crippen molar-refractivity contribution in [2.24, 2.45) is 0 Å². The minimum atomic E-state index is -0.255. The molecule has 0 aliphatic heterocycles. The lowest BCUT2D eigenvalue weighted by Gasteiger charge is -2.12. The summed E-state index contributed by atoms with van der Waals surface area (Å²) in [6.45, 7) is 6.06. The van der Waals surface area contributed by atoms with Gasteiger partial charge < -0.3 is 9.30 Å². The molecule has 0 radical (unpaired) electrons. The van der Waals surface area contributed by atoms with Gasteiger partial charge in [-0.1, -0.05) is 17.7 Å². The zero-order valence-electron chi connectivity index (χ0n) is 12.6. The summed E-state index contributed by atoms with van der Waals surface area (Å²) in [5.74, 6) is 0.558. The molecule has 0 spiro atoms. The van der Waals surface area contributed by atoms with E-state index in [1.54, 1.807) is 16.7 Å². The lowest BCUT2D eigenvalue weighted by atomic mass is 10.2. The van der Waals surface area contributed by atoms with Crippen LogP contribution in [-0.4, -0.2) is 17.0 Å². The summed E-state index contributed by atoms with van der Waals surface area (Å²) in [6, 6.07) is 11.1. The molecule has 0 saturated heterocycles. The smallest absolute Gasteiger partial charge is 0.261 e. The molecule has 21 heavy (non-hydrogen) atoms. The van der Waals surface area contributed by atoms with Crippen molar-refractivity contribution in [1.82, 2.24) is 4.57 Å². The van der Waals surface area contributed by atoms with Crippen LogP contribution in [0.4, 0.5) is 0 Å². The van der Waals surface area contributed by atoms with E-state index in [4.69, 9.17) is 4.74 Å². The van der Waals surface area contributed by atoms with Gasteiger partial charge in [0.1, 0.15) is 12.4 Å². The first kappa shape index (κ1) is 15.0. The molecule has 1 aromatic heterocycles. The second kappa shape index (κ2) is 6.39. The van der Waals surface area contributed by atoms with Crippen LogP contribution in [0.1, 0.15) is 28.5 Å². The normalized spacial score (nSPS) is 10.4. The first-order valence-electron chi connectivity index (χ1n) is 6.90. The summed E-state index contributed by atoms with van der Waals surface area (Å²) < 4.78 is 7.20. The number of carbonyl (C=O) groups is 1. The first-order chi connectivity index (χ1) is 9.99. The number of pyridine rings is 1. The second-order valence-corrected chi connectivity index (χ2v) is 5.06. The van der Waals surface area contributed by atoms with Crippen LogP contribution in [0.2, 0.25) is 0 Å². The van der Waals surface area contributed by atoms with Crippen molar-refractivity contribution < 1.29 is 9.53 Å². The zero-order chi connectivity index (χ0) is 15.4. The molecule has 0 amide bonds. The lowest BCUT2D eigenvalue weighted by molar-refractivity contribution is 0.101. The molecule has 0 aliphatic rings. The minimum absolute atomic E-state index is 0.215. The maximum Gasteiger partial charge on any atom is 0.261 e. The molecule has 110 valence electrons. The Morgan fingerprint density at radius 3 is 2.38 bits per heavy atom. The Morgan fingerprint density at radius 2 is 1.76 bits per heavy atom. The van der Waals surface area contributed by atoms with E-state index in [2.05, 4.69) is 0 Å². The number of nitrogens with zero attached hydrogens (tertiary/aromatic N) is 1. The third-order valence-electron chi connectivity index (χ3n) is 3.38. The number of ketones is 1. The van der Waals surface area contributed by atoms with Gasteiger partial charge in [-0.15, -0.1) is 0 Å². The highest BCUT2D eigenvalue weighted by molar-refractivity contribution is 5.93. The van der Waals surface area contributed by atoms with E-state index < -0.39 is 0 Å². The van der Waals surface area contributed by atoms with Gasteiger partial charge in [0.15, 0.2) is 5.78 Å². The highest BCUT2D eigenvalue weighted by atomic mass is 16.5. The Kier molecular flexibility index (Phi) is 4.58. The average Bonchev–Trinajstić information content (AvgIpc) is 2.44. The molecule has 0 fully saturated rings. The molecule has 4 heteroatoms. The number of hydrogen-bond donors (Lipinski definition) is 0. The molecule has 0 aliphatic carbocycles. The lowest BCUT2D eigenvalue weighted by Crippen LogP contribution is -2.29. The summed E-state index contributed by atoms with van der Waals surface area (Å²) in [5, 5.41) is 0. The summed E-state index contributed by atoms with van der Waals surface area (Å²) in [6.07, 6.45) is 0. The molecular formula is C17H19NO3. The summed E-state index contributed by atoms with van der Waals surface area (Å²) >= 11 is 0. The number of hydrogen-bond acceptors (Lipinski definition) is 3. The van der Waals surface area contributed by atoms with Crippen LogP contribution in [-0.2, 0) is 6.54 Å². The predicted molar refractivity (Wildman–Crippen MR) is 82.1 cm³/mol. The standard InChI is InChI=1S/C17H19NO3/c1-12-4-7-15(8-5-12)21-11-10-18-13(2)6-9-16(14(3)19)17(18)20/h4-9H,10-11H2,1-3H3. The molecule has 0 saturated carbocycles. The van der Waals surface area contributed by atoms with E-state index in [0.717, 1.165) is 11.4 Å². The van der Waals surface area contributed by atoms with E-state index in [1.807, 2.05) is 38.1 Å². The monoisotopic (exact) mass is 285 g/mol. The number of Topliss-reactive ketones (excluding diaryl/α,β-unsaturated/α-hetero) is 1. The van der Waals surface area contributed by atoms with Crippen LogP contribution >= 0.6 is 0 Å². The topological polar surface area (TPSA) is 48.3 Å². The molecule has 0 bridgehead atoms. The maximum atomic E-state index is 12.2. The van der Waals surface area contributed by atoms with Crippen LogP contribution in [0.15, 0.2) is 41.2 Å². The molecule has 0 unspecified atom stereocenters. The number of aryl methyl sites for hydroxylation is 2. The van der Waals surface area contributed by atoms with Gasteiger partial charge in [-0.25, -0.2) is 0 Å². The predicted octanol–water partition coefficient (Wildman–Crippen LogP) is 2.75. The Hall–Kier alpha value is -2.36. The number of rotatable bonds is 5. The van der Waals surface area contributed by atoms with Gasteiger partial charge in [-0.3, -0.25) is 9.59 Å². The van der Waals surface area contributed by atoms with Crippen molar-refractivity contribution in [1.29, 1.82) is 0 Å². The van der Waals surface area contributed by atoms with Crippen molar-refractivity contribution >= 4 is 5.78 Å². The number of carbonyl (C=O) groups excluding carboxylic acids is 1. The fraction of sp³-hybridized carbons (Fsp3) is 0.294. The van der Waals surface area contributed by atoms with E-state index in [9.17, 15) is 9.59 Å². The van der Waals surface area contributed by atoms with Gasteiger partial charge in [-0.2, -0.15) is 0 Å². The van der Waals surface area contributed by atoms with E-state index in [1.165, 1.54) is 12.5 Å². The Balaban J connectivity index is 2.09. The van der Waals surface area contributed by atoms with Gasteiger partial charge in [0.05, 0.1) is 12.1 Å². The van der Waals surface area contributed by atoms with Crippen molar-refractivity contribution in [2.75, 3.05) is 6.61 Å². The first-order valence-corrected chi connectivity index (χ1v) is 6.90. The van der Waals surface area contributed by atoms with Crippen molar-refractivity contribution in [2.45, 2.75) is 27.3 Å². The van der Waals surface area contributed by atoms with Crippen molar-refractivity contribution in [3.63, 3.8) is 0 Å². The number of benzene rings is 1. The van der Waals surface area contributed by atoms with Crippen molar-refractivity contribution in [3.05, 3.63) is 63.6 Å². The SMILES string of the molecule is CC(=O)c1ccc(C)n(CCOc2ccc(C)cc2)c1=O. The molecule has 2 rings (SSSR count). The van der Waals surface area contributed by atoms with Crippen LogP contribution in [0, 0.1) is 13.8 Å². The summed E-state index contributed by atoms with van der Waals surface area (Å²) in [7, 11) is 0. The molecule has 1 heterocycles. The largest absolute Gasteiger partial charge is 0.492 e. The number of aromatic nitrogens is 1. The highest BCUT2D eigenvalue weighted by Crippen LogP contribution is 2.11. The van der Waals surface area contributed by atoms with Crippen molar-refractivity contribution in [3.8, 4) is 5.75 Å². The zero-order valence-corrected chi connectivity index (χ0v) is 12.6. The van der Waals surface area contributed by atoms with Crippen LogP contribution < -0.4 is 10.3 Å². The molecular weight excluding hydrogens is 266 g/mol. The third kappa shape index (κ3) is 3.60. The highest BCUT2D eigenvalue weighted by Gasteiger charge is 2.09. The Labute approximate surface area is 124 Å². The van der Waals surface area contributed by atoms with Crippen LogP contribution in [0.25, 0.3) is 0 Å². The van der Waals surface area contributed by atoms with Gasteiger partial charge in [0.25, 0.3) is 5.56 Å². The fourth-order valence-electron chi connectivity index (χ4n) is 2.11. The summed E-state index contributed by atoms with van der Waals surface area (Å²) in [4.78, 5) is 23.6. The molecule has 4 nitrogen and oxygen atoms in total. The van der Waals surface area contributed by atoms with Crippen LogP contribution in [0.5, 0.6) is 5.75 Å². The second-order valence-electron chi connectivity index (χ2n) is 5.06. The Bertz CT molecular complexity index is 699. The van der Waals surface area contributed by atoms with Crippen LogP contribution in [0.3, 0.4) is 0 Å². The quantitative estimate of drug-likeness (QED) is 0.794. The molecule has 0 N–H and O–H groups in total. The number of ether oxygens (including phenoxy) is 1. The van der Waals surface area contributed by atoms with E-state index in [0.29, 0.717) is 13.2 Å². The Morgan fingerprint density at radius 1 is 1.10 bits per heavy atom. The van der Waals surface area contributed by atoms with Gasteiger partial charge >= 0.3 is 0 Å².